The molecule has 0 bridgehead atoms. The molecule has 2 aromatic heterocycles. The summed E-state index contributed by atoms with van der Waals surface area (Å²) in [7, 11) is 2.84. The number of hydrogen-bond acceptors (Lipinski definition) is 8. The number of alkyl halides is 3. The Morgan fingerprint density at radius 2 is 1.63 bits per heavy atom. The molecule has 0 radical (unpaired) electrons. The van der Waals surface area contributed by atoms with Crippen molar-refractivity contribution in [1.29, 1.82) is 0 Å². The van der Waals surface area contributed by atoms with Gasteiger partial charge in [0.1, 0.15) is 6.54 Å². The number of piperazine rings is 1. The molecule has 1 aliphatic heterocycles. The van der Waals surface area contributed by atoms with E-state index in [0.717, 1.165) is 4.68 Å². The van der Waals surface area contributed by atoms with E-state index in [2.05, 4.69) is 20.1 Å². The van der Waals surface area contributed by atoms with Crippen LogP contribution in [0, 0.1) is 6.92 Å². The summed E-state index contributed by atoms with van der Waals surface area (Å²) in [4.78, 5) is 28.2. The molecule has 3 heterocycles. The van der Waals surface area contributed by atoms with E-state index in [1.165, 1.54) is 26.0 Å². The Balaban J connectivity index is 1.65. The second kappa shape index (κ2) is 8.50. The fourth-order valence-electron chi connectivity index (χ4n) is 2.90. The first-order valence-corrected chi connectivity index (χ1v) is 9.18. The predicted molar refractivity (Wildman–Crippen MR) is 98.7 cm³/mol. The van der Waals surface area contributed by atoms with Gasteiger partial charge in [0, 0.05) is 26.2 Å². The van der Waals surface area contributed by atoms with Gasteiger partial charge in [0.05, 0.1) is 24.9 Å². The summed E-state index contributed by atoms with van der Waals surface area (Å²) >= 11 is 5.73. The number of carbonyl (C=O) groups is 1. The average Bonchev–Trinajstić information content (AvgIpc) is 3.02. The molecule has 164 valence electrons. The molecule has 1 saturated heterocycles. The minimum Gasteiger partial charge on any atom is -0.467 e. The summed E-state index contributed by atoms with van der Waals surface area (Å²) in [6, 6.07) is 0.198. The molecule has 30 heavy (non-hydrogen) atoms. The molecule has 14 heteroatoms. The standard InChI is InChI=1S/C16H19ClF3N7O3/c1-9-11(17)12(16(18,19)20)24-27(9)8-10(28)25-4-6-26(7-5-25)13-21-14(29-2)23-15(22-13)30-3/h4-8H2,1-3H3. The van der Waals surface area contributed by atoms with Gasteiger partial charge < -0.3 is 19.3 Å². The van der Waals surface area contributed by atoms with Crippen molar-refractivity contribution in [1.82, 2.24) is 29.6 Å². The quantitative estimate of drug-likeness (QED) is 0.676. The number of amides is 1. The lowest BCUT2D eigenvalue weighted by atomic mass is 10.3. The number of carbonyl (C=O) groups excluding carboxylic acids is 1. The molecule has 0 unspecified atom stereocenters. The van der Waals surface area contributed by atoms with Gasteiger partial charge in [-0.1, -0.05) is 11.6 Å². The number of methoxy groups -OCH3 is 2. The zero-order chi connectivity index (χ0) is 22.1. The Labute approximate surface area is 174 Å². The van der Waals surface area contributed by atoms with Crippen molar-refractivity contribution in [2.75, 3.05) is 45.3 Å². The van der Waals surface area contributed by atoms with Crippen molar-refractivity contribution in [3.05, 3.63) is 16.4 Å². The van der Waals surface area contributed by atoms with E-state index in [9.17, 15) is 18.0 Å². The first-order valence-electron chi connectivity index (χ1n) is 8.81. The highest BCUT2D eigenvalue weighted by Gasteiger charge is 2.38. The van der Waals surface area contributed by atoms with E-state index in [1.54, 1.807) is 0 Å². The lowest BCUT2D eigenvalue weighted by molar-refractivity contribution is -0.142. The van der Waals surface area contributed by atoms with E-state index in [-0.39, 0.29) is 30.2 Å². The molecule has 0 atom stereocenters. The van der Waals surface area contributed by atoms with Crippen LogP contribution in [0.5, 0.6) is 12.0 Å². The molecule has 0 saturated carbocycles. The van der Waals surface area contributed by atoms with E-state index in [4.69, 9.17) is 21.1 Å². The molecular formula is C16H19ClF3N7O3. The summed E-state index contributed by atoms with van der Waals surface area (Å²) < 4.78 is 49.9. The van der Waals surface area contributed by atoms with Crippen LogP contribution in [-0.2, 0) is 17.5 Å². The zero-order valence-corrected chi connectivity index (χ0v) is 17.2. The highest BCUT2D eigenvalue weighted by molar-refractivity contribution is 6.32. The van der Waals surface area contributed by atoms with Crippen LogP contribution in [0.25, 0.3) is 0 Å². The van der Waals surface area contributed by atoms with Crippen LogP contribution in [0.3, 0.4) is 0 Å². The topological polar surface area (TPSA) is 98.5 Å². The largest absolute Gasteiger partial charge is 0.467 e. The Kier molecular flexibility index (Phi) is 6.19. The van der Waals surface area contributed by atoms with Gasteiger partial charge in [-0.2, -0.15) is 28.2 Å². The van der Waals surface area contributed by atoms with Crippen LogP contribution in [-0.4, -0.2) is 75.9 Å². The molecule has 2 aromatic rings. The molecule has 0 spiro atoms. The molecule has 10 nitrogen and oxygen atoms in total. The number of hydrogen-bond donors (Lipinski definition) is 0. The highest BCUT2D eigenvalue weighted by atomic mass is 35.5. The average molecular weight is 450 g/mol. The van der Waals surface area contributed by atoms with Crippen molar-refractivity contribution < 1.29 is 27.4 Å². The number of ether oxygens (including phenoxy) is 2. The van der Waals surface area contributed by atoms with Gasteiger partial charge in [0.15, 0.2) is 5.69 Å². The third-order valence-electron chi connectivity index (χ3n) is 4.55. The minimum atomic E-state index is -4.69. The fraction of sp³-hybridized carbons (Fsp3) is 0.562. The predicted octanol–water partition coefficient (Wildman–Crippen LogP) is 1.41. The number of aromatic nitrogens is 5. The Bertz CT molecular complexity index is 907. The van der Waals surface area contributed by atoms with Crippen LogP contribution < -0.4 is 14.4 Å². The van der Waals surface area contributed by atoms with Crippen molar-refractivity contribution in [2.24, 2.45) is 0 Å². The Morgan fingerprint density at radius 3 is 2.10 bits per heavy atom. The first-order chi connectivity index (χ1) is 14.1. The van der Waals surface area contributed by atoms with E-state index < -0.39 is 16.9 Å². The lowest BCUT2D eigenvalue weighted by Crippen LogP contribution is -2.50. The van der Waals surface area contributed by atoms with E-state index >= 15 is 0 Å². The van der Waals surface area contributed by atoms with Crippen molar-refractivity contribution in [2.45, 2.75) is 19.6 Å². The summed E-state index contributed by atoms with van der Waals surface area (Å²) in [6.07, 6.45) is -4.69. The normalized spacial score (nSPS) is 14.8. The summed E-state index contributed by atoms with van der Waals surface area (Å²) in [5.74, 6) is -0.0215. The van der Waals surface area contributed by atoms with Gasteiger partial charge in [0.2, 0.25) is 11.9 Å². The van der Waals surface area contributed by atoms with Gasteiger partial charge in [-0.3, -0.25) is 9.48 Å². The van der Waals surface area contributed by atoms with E-state index in [0.29, 0.717) is 32.1 Å². The van der Waals surface area contributed by atoms with Crippen LogP contribution in [0.15, 0.2) is 0 Å². The zero-order valence-electron chi connectivity index (χ0n) is 16.4. The molecule has 0 N–H and O–H groups in total. The van der Waals surface area contributed by atoms with Gasteiger partial charge >= 0.3 is 18.2 Å². The maximum atomic E-state index is 13.0. The maximum Gasteiger partial charge on any atom is 0.436 e. The molecular weight excluding hydrogens is 431 g/mol. The van der Waals surface area contributed by atoms with Crippen LogP contribution in [0.1, 0.15) is 11.4 Å². The van der Waals surface area contributed by atoms with Crippen LogP contribution >= 0.6 is 11.6 Å². The second-order valence-corrected chi connectivity index (χ2v) is 6.76. The summed E-state index contributed by atoms with van der Waals surface area (Å²) in [5.41, 5.74) is -1.11. The van der Waals surface area contributed by atoms with Crippen molar-refractivity contribution in [3.63, 3.8) is 0 Å². The van der Waals surface area contributed by atoms with Gasteiger partial charge in [-0.25, -0.2) is 0 Å². The Morgan fingerprint density at radius 1 is 1.07 bits per heavy atom. The van der Waals surface area contributed by atoms with Gasteiger partial charge in [0.25, 0.3) is 0 Å². The Hall–Kier alpha value is -2.83. The molecule has 1 aliphatic rings. The number of halogens is 4. The fourth-order valence-corrected chi connectivity index (χ4v) is 3.14. The lowest BCUT2D eigenvalue weighted by Gasteiger charge is -2.34. The molecule has 0 aliphatic carbocycles. The van der Waals surface area contributed by atoms with Crippen LogP contribution in [0.4, 0.5) is 19.1 Å². The second-order valence-electron chi connectivity index (χ2n) is 6.38. The van der Waals surface area contributed by atoms with E-state index in [1.807, 2.05) is 4.90 Å². The first kappa shape index (κ1) is 21.9. The summed E-state index contributed by atoms with van der Waals surface area (Å²) in [6.45, 7) is 2.53. The monoisotopic (exact) mass is 449 g/mol. The maximum absolute atomic E-state index is 13.0. The number of nitrogens with zero attached hydrogens (tertiary/aromatic N) is 7. The molecule has 1 fully saturated rings. The molecule has 3 rings (SSSR count). The molecule has 1 amide bonds. The number of rotatable bonds is 5. The molecule has 0 aromatic carbocycles. The van der Waals surface area contributed by atoms with Crippen LogP contribution in [0.2, 0.25) is 5.02 Å². The third-order valence-corrected chi connectivity index (χ3v) is 5.00. The third kappa shape index (κ3) is 4.50. The number of anilines is 1. The van der Waals surface area contributed by atoms with Crippen molar-refractivity contribution >= 4 is 23.5 Å². The highest BCUT2D eigenvalue weighted by Crippen LogP contribution is 2.35. The summed E-state index contributed by atoms with van der Waals surface area (Å²) in [5, 5.41) is 2.96. The minimum absolute atomic E-state index is 0.0837. The van der Waals surface area contributed by atoms with Gasteiger partial charge in [-0.15, -0.1) is 4.98 Å². The smallest absolute Gasteiger partial charge is 0.436 e. The van der Waals surface area contributed by atoms with Gasteiger partial charge in [-0.05, 0) is 6.92 Å². The van der Waals surface area contributed by atoms with Crippen molar-refractivity contribution in [3.8, 4) is 12.0 Å². The SMILES string of the molecule is COc1nc(OC)nc(N2CCN(C(=O)Cn3nc(C(F)(F)F)c(Cl)c3C)CC2)n1.